The molecule has 0 unspecified atom stereocenters. The van der Waals surface area contributed by atoms with Crippen molar-refractivity contribution in [1.29, 1.82) is 0 Å². The predicted molar refractivity (Wildman–Crippen MR) is 109 cm³/mol. The smallest absolute Gasteiger partial charge is 0.352 e. The van der Waals surface area contributed by atoms with Gasteiger partial charge in [0.15, 0.2) is 15.5 Å². The number of halogens is 3. The number of hydrogen-bond donors (Lipinski definition) is 1. The first-order chi connectivity index (χ1) is 14.6. The third kappa shape index (κ3) is 6.42. The maximum atomic E-state index is 12.7. The molecule has 1 N–H and O–H groups in total. The summed E-state index contributed by atoms with van der Waals surface area (Å²) in [5.41, 5.74) is 0.390. The number of nitrogens with zero attached hydrogens (tertiary/aromatic N) is 2. The van der Waals surface area contributed by atoms with Gasteiger partial charge in [-0.15, -0.1) is 0 Å². The van der Waals surface area contributed by atoms with Gasteiger partial charge < -0.3 is 5.32 Å². The van der Waals surface area contributed by atoms with Crippen molar-refractivity contribution in [3.8, 4) is 5.69 Å². The Balaban J connectivity index is 1.49. The second-order valence-electron chi connectivity index (χ2n) is 6.88. The van der Waals surface area contributed by atoms with Gasteiger partial charge in [-0.05, 0) is 42.3 Å². The molecule has 0 bridgehead atoms. The molecule has 164 valence electrons. The third-order valence-corrected chi connectivity index (χ3v) is 6.10. The molecular formula is C21H20F3N3O3S. The van der Waals surface area contributed by atoms with Crippen molar-refractivity contribution >= 4 is 15.7 Å². The Morgan fingerprint density at radius 2 is 1.68 bits per heavy atom. The first kappa shape index (κ1) is 22.5. The molecule has 1 amide bonds. The summed E-state index contributed by atoms with van der Waals surface area (Å²) in [6.45, 7) is 0.183. The molecule has 31 heavy (non-hydrogen) atoms. The van der Waals surface area contributed by atoms with Gasteiger partial charge in [0.05, 0.1) is 17.2 Å². The Morgan fingerprint density at radius 3 is 2.29 bits per heavy atom. The van der Waals surface area contributed by atoms with Crippen LogP contribution in [0.15, 0.2) is 66.9 Å². The highest BCUT2D eigenvalue weighted by molar-refractivity contribution is 7.90. The number of carbonyl (C=O) groups excluding carboxylic acids is 1. The van der Waals surface area contributed by atoms with E-state index in [1.165, 1.54) is 30.5 Å². The van der Waals surface area contributed by atoms with Crippen LogP contribution >= 0.6 is 0 Å². The average Bonchev–Trinajstić information content (AvgIpc) is 3.22. The van der Waals surface area contributed by atoms with Crippen molar-refractivity contribution in [2.75, 3.05) is 12.3 Å². The number of alkyl halides is 3. The zero-order valence-electron chi connectivity index (χ0n) is 16.3. The lowest BCUT2D eigenvalue weighted by molar-refractivity contribution is -0.141. The lowest BCUT2D eigenvalue weighted by Gasteiger charge is -2.08. The molecule has 0 atom stereocenters. The number of nitrogens with one attached hydrogen (secondary N) is 1. The molecule has 0 aliphatic rings. The zero-order valence-corrected chi connectivity index (χ0v) is 17.2. The van der Waals surface area contributed by atoms with Gasteiger partial charge in [-0.3, -0.25) is 4.79 Å². The van der Waals surface area contributed by atoms with Crippen molar-refractivity contribution in [2.24, 2.45) is 0 Å². The van der Waals surface area contributed by atoms with E-state index in [2.05, 4.69) is 10.4 Å². The van der Waals surface area contributed by atoms with E-state index in [0.29, 0.717) is 16.8 Å². The number of rotatable bonds is 8. The summed E-state index contributed by atoms with van der Waals surface area (Å²) in [5.74, 6) is -0.502. The Morgan fingerprint density at radius 1 is 1.00 bits per heavy atom. The average molecular weight is 451 g/mol. The molecule has 0 aliphatic heterocycles. The van der Waals surface area contributed by atoms with Gasteiger partial charge in [-0.2, -0.15) is 18.3 Å². The highest BCUT2D eigenvalue weighted by Gasteiger charge is 2.33. The summed E-state index contributed by atoms with van der Waals surface area (Å²) in [5, 5.41) is 6.12. The number of aromatic nitrogens is 2. The molecule has 0 aliphatic carbocycles. The molecule has 0 saturated heterocycles. The number of carbonyl (C=O) groups is 1. The molecule has 2 aromatic carbocycles. The molecule has 10 heteroatoms. The second-order valence-corrected chi connectivity index (χ2v) is 9.06. The van der Waals surface area contributed by atoms with Crippen LogP contribution in [0.2, 0.25) is 0 Å². The standard InChI is InChI=1S/C21H20F3N3O3S/c22-21(23,24)19-11-13-27(26-19)18-9-7-17(8-10-18)20(28)25-12-4-14-31(29,30)15-16-5-2-1-3-6-16/h1-3,5-11,13H,4,12,14-15H2,(H,25,28). The van der Waals surface area contributed by atoms with E-state index < -0.39 is 27.6 Å². The van der Waals surface area contributed by atoms with E-state index >= 15 is 0 Å². The minimum absolute atomic E-state index is 0.0489. The minimum atomic E-state index is -4.53. The van der Waals surface area contributed by atoms with Gasteiger partial charge in [0.1, 0.15) is 0 Å². The summed E-state index contributed by atoms with van der Waals surface area (Å²) in [6.07, 6.45) is -3.07. The molecule has 0 spiro atoms. The van der Waals surface area contributed by atoms with Gasteiger partial charge in [0, 0.05) is 18.3 Å². The van der Waals surface area contributed by atoms with Gasteiger partial charge in [-0.25, -0.2) is 13.1 Å². The number of hydrogen-bond acceptors (Lipinski definition) is 4. The van der Waals surface area contributed by atoms with E-state index in [1.54, 1.807) is 24.3 Å². The summed E-state index contributed by atoms with van der Waals surface area (Å²) >= 11 is 0. The minimum Gasteiger partial charge on any atom is -0.352 e. The van der Waals surface area contributed by atoms with Crippen LogP contribution in [-0.2, 0) is 21.8 Å². The molecule has 3 rings (SSSR count). The van der Waals surface area contributed by atoms with E-state index in [0.717, 1.165) is 10.7 Å². The number of sulfone groups is 1. The highest BCUT2D eigenvalue weighted by atomic mass is 32.2. The van der Waals surface area contributed by atoms with Crippen LogP contribution in [0, 0.1) is 0 Å². The van der Waals surface area contributed by atoms with Crippen LogP contribution in [0.25, 0.3) is 5.69 Å². The molecule has 0 fully saturated rings. The lowest BCUT2D eigenvalue weighted by Crippen LogP contribution is -2.26. The quantitative estimate of drug-likeness (QED) is 0.531. The Labute approximate surface area is 177 Å². The van der Waals surface area contributed by atoms with Crippen molar-refractivity contribution in [2.45, 2.75) is 18.3 Å². The number of benzene rings is 2. The Bertz CT molecular complexity index is 1130. The molecule has 1 heterocycles. The van der Waals surface area contributed by atoms with Gasteiger partial charge in [0.2, 0.25) is 0 Å². The first-order valence-corrected chi connectivity index (χ1v) is 11.2. The molecule has 1 aromatic heterocycles. The van der Waals surface area contributed by atoms with E-state index in [1.807, 2.05) is 6.07 Å². The largest absolute Gasteiger partial charge is 0.435 e. The topological polar surface area (TPSA) is 81.1 Å². The van der Waals surface area contributed by atoms with E-state index in [-0.39, 0.29) is 24.5 Å². The van der Waals surface area contributed by atoms with Crippen molar-refractivity contribution < 1.29 is 26.4 Å². The normalized spacial score (nSPS) is 12.0. The Kier molecular flexibility index (Phi) is 6.79. The lowest BCUT2D eigenvalue weighted by atomic mass is 10.2. The van der Waals surface area contributed by atoms with Crippen LogP contribution in [0.5, 0.6) is 0 Å². The first-order valence-electron chi connectivity index (χ1n) is 9.40. The monoisotopic (exact) mass is 451 g/mol. The molecule has 6 nitrogen and oxygen atoms in total. The second kappa shape index (κ2) is 9.34. The third-order valence-electron chi connectivity index (χ3n) is 4.42. The van der Waals surface area contributed by atoms with E-state index in [9.17, 15) is 26.4 Å². The van der Waals surface area contributed by atoms with Gasteiger partial charge >= 0.3 is 6.18 Å². The Hall–Kier alpha value is -3.14. The molecule has 0 saturated carbocycles. The molecule has 3 aromatic rings. The van der Waals surface area contributed by atoms with Gasteiger partial charge in [0.25, 0.3) is 5.91 Å². The maximum absolute atomic E-state index is 12.7. The summed E-state index contributed by atoms with van der Waals surface area (Å²) < 4.78 is 63.3. The van der Waals surface area contributed by atoms with Crippen molar-refractivity contribution in [3.63, 3.8) is 0 Å². The molecular weight excluding hydrogens is 431 g/mol. The van der Waals surface area contributed by atoms with Crippen LogP contribution in [0.3, 0.4) is 0 Å². The fourth-order valence-electron chi connectivity index (χ4n) is 2.88. The number of amides is 1. The molecule has 0 radical (unpaired) electrons. The van der Waals surface area contributed by atoms with Crippen LogP contribution in [0.1, 0.15) is 28.0 Å². The van der Waals surface area contributed by atoms with Crippen LogP contribution in [0.4, 0.5) is 13.2 Å². The van der Waals surface area contributed by atoms with Gasteiger partial charge in [-0.1, -0.05) is 30.3 Å². The summed E-state index contributed by atoms with van der Waals surface area (Å²) in [4.78, 5) is 12.2. The van der Waals surface area contributed by atoms with Crippen LogP contribution in [-0.4, -0.2) is 36.4 Å². The summed E-state index contributed by atoms with van der Waals surface area (Å²) in [6, 6.07) is 15.6. The van der Waals surface area contributed by atoms with Crippen molar-refractivity contribution in [3.05, 3.63) is 83.7 Å². The fourth-order valence-corrected chi connectivity index (χ4v) is 4.31. The SMILES string of the molecule is O=C(NCCCS(=O)(=O)Cc1ccccc1)c1ccc(-n2ccc(C(F)(F)F)n2)cc1. The van der Waals surface area contributed by atoms with Crippen molar-refractivity contribution in [1.82, 2.24) is 15.1 Å². The summed E-state index contributed by atoms with van der Waals surface area (Å²) in [7, 11) is -3.28. The predicted octanol–water partition coefficient (Wildman–Crippen LogP) is 3.63. The van der Waals surface area contributed by atoms with Crippen LogP contribution < -0.4 is 5.32 Å². The van der Waals surface area contributed by atoms with E-state index in [4.69, 9.17) is 0 Å². The maximum Gasteiger partial charge on any atom is 0.435 e. The zero-order chi connectivity index (χ0) is 22.5. The highest BCUT2D eigenvalue weighted by Crippen LogP contribution is 2.27. The fraction of sp³-hybridized carbons (Fsp3) is 0.238.